The lowest BCUT2D eigenvalue weighted by molar-refractivity contribution is -0.383. The Morgan fingerprint density at radius 3 is 2.07 bits per heavy atom. The van der Waals surface area contributed by atoms with Crippen molar-refractivity contribution < 1.29 is 37.8 Å². The zero-order chi connectivity index (χ0) is 31.6. The molecule has 17 heteroatoms. The fraction of sp³-hybridized carbons (Fsp3) is 0.111. The molecule has 44 heavy (non-hydrogen) atoms. The van der Waals surface area contributed by atoms with E-state index in [4.69, 9.17) is 30.4 Å². The zero-order valence-electron chi connectivity index (χ0n) is 22.3. The van der Waals surface area contributed by atoms with E-state index in [2.05, 4.69) is 9.97 Å². The van der Waals surface area contributed by atoms with E-state index in [-0.39, 0.29) is 39.6 Å². The monoisotopic (exact) mass is 658 g/mol. The molecule has 2 atom stereocenters. The first-order valence-corrected chi connectivity index (χ1v) is 16.2. The second-order valence-electron chi connectivity index (χ2n) is 9.41. The van der Waals surface area contributed by atoms with E-state index in [0.717, 1.165) is 11.8 Å². The number of hydrogen-bond donors (Lipinski definition) is 2. The molecule has 2 aromatic heterocycles. The van der Waals surface area contributed by atoms with Crippen LogP contribution in [0.2, 0.25) is 5.02 Å². The first-order chi connectivity index (χ1) is 20.9. The van der Waals surface area contributed by atoms with Crippen molar-refractivity contribution in [3.8, 4) is 0 Å². The van der Waals surface area contributed by atoms with Crippen molar-refractivity contribution in [3.05, 3.63) is 116 Å². The van der Waals surface area contributed by atoms with E-state index in [1.165, 1.54) is 36.5 Å². The number of aromatic nitrogens is 2. The summed E-state index contributed by atoms with van der Waals surface area (Å²) in [5.74, 6) is 0. The van der Waals surface area contributed by atoms with Crippen LogP contribution in [0.4, 0.5) is 11.4 Å². The summed E-state index contributed by atoms with van der Waals surface area (Å²) in [6.07, 6.45) is 2.38. The highest BCUT2D eigenvalue weighted by molar-refractivity contribution is 7.62. The van der Waals surface area contributed by atoms with Crippen LogP contribution in [0.1, 0.15) is 18.1 Å². The summed E-state index contributed by atoms with van der Waals surface area (Å²) >= 11 is 6.04. The molecule has 1 aliphatic heterocycles. The summed E-state index contributed by atoms with van der Waals surface area (Å²) in [6.45, 7) is 0.251. The summed E-state index contributed by atoms with van der Waals surface area (Å²) in [5.41, 5.74) is 0.839. The summed E-state index contributed by atoms with van der Waals surface area (Å²) in [6, 6.07) is 18.8. The molecule has 226 valence electrons. The Kier molecular flexibility index (Phi) is 8.87. The Labute approximate surface area is 253 Å². The van der Waals surface area contributed by atoms with Crippen LogP contribution in [0.25, 0.3) is 21.8 Å². The van der Waals surface area contributed by atoms with Crippen LogP contribution < -0.4 is 10.6 Å². The van der Waals surface area contributed by atoms with Crippen LogP contribution >= 0.6 is 26.8 Å². The number of pyridine rings is 2. The van der Waals surface area contributed by atoms with E-state index in [9.17, 15) is 29.4 Å². The second kappa shape index (κ2) is 12.5. The molecule has 0 aliphatic carbocycles. The minimum absolute atomic E-state index is 0.106. The minimum atomic E-state index is -4.39. The molecule has 14 nitrogen and oxygen atoms in total. The predicted molar refractivity (Wildman–Crippen MR) is 162 cm³/mol. The zero-order valence-corrected chi connectivity index (χ0v) is 24.8. The number of para-hydroxylation sites is 2. The van der Waals surface area contributed by atoms with Gasteiger partial charge in [-0.2, -0.15) is 0 Å². The highest BCUT2D eigenvalue weighted by Gasteiger charge is 2.37. The van der Waals surface area contributed by atoms with Gasteiger partial charge in [0.25, 0.3) is 11.4 Å². The molecule has 0 saturated carbocycles. The molecule has 1 unspecified atom stereocenters. The SMILES string of the molecule is O=[N+]([O-])c1cccc2cc(P(=O)(O)O)cnc12.O=[N+]([O-])c1cccc2cc(P3(=O)OCC[C@H](c4cccc(Cl)c4)O3)cnc12. The van der Waals surface area contributed by atoms with E-state index < -0.39 is 31.1 Å². The Hall–Kier alpha value is -4.13. The van der Waals surface area contributed by atoms with Gasteiger partial charge >= 0.3 is 15.2 Å². The number of hydrogen-bond acceptors (Lipinski definition) is 10. The summed E-state index contributed by atoms with van der Waals surface area (Å²) in [7, 11) is -8.01. The van der Waals surface area contributed by atoms with E-state index in [0.29, 0.717) is 22.2 Å². The van der Waals surface area contributed by atoms with Gasteiger partial charge in [-0.05, 0) is 29.8 Å². The molecule has 5 aromatic rings. The van der Waals surface area contributed by atoms with Crippen LogP contribution in [0.3, 0.4) is 0 Å². The first kappa shape index (κ1) is 31.3. The van der Waals surface area contributed by atoms with Crippen molar-refractivity contribution in [1.29, 1.82) is 0 Å². The number of fused-ring (bicyclic) bond motifs is 2. The number of nitro benzene ring substituents is 2. The number of nitrogens with zero attached hydrogens (tertiary/aromatic N) is 4. The van der Waals surface area contributed by atoms with Gasteiger partial charge in [-0.3, -0.25) is 33.9 Å². The molecule has 0 radical (unpaired) electrons. The topological polar surface area (TPSA) is 205 Å². The third-order valence-electron chi connectivity index (χ3n) is 6.52. The lowest BCUT2D eigenvalue weighted by atomic mass is 10.1. The van der Waals surface area contributed by atoms with Crippen LogP contribution in [-0.2, 0) is 18.2 Å². The number of halogens is 1. The van der Waals surface area contributed by atoms with Gasteiger partial charge in [0, 0.05) is 46.7 Å². The number of non-ortho nitro benzene ring substituents is 2. The van der Waals surface area contributed by atoms with Gasteiger partial charge in [0.2, 0.25) is 0 Å². The maximum Gasteiger partial charge on any atom is 0.363 e. The van der Waals surface area contributed by atoms with Crippen molar-refractivity contribution in [1.82, 2.24) is 9.97 Å². The normalized spacial score (nSPS) is 18.4. The van der Waals surface area contributed by atoms with E-state index >= 15 is 0 Å². The fourth-order valence-corrected chi connectivity index (χ4v) is 6.92. The largest absolute Gasteiger partial charge is 0.363 e. The van der Waals surface area contributed by atoms with Gasteiger partial charge in [-0.15, -0.1) is 0 Å². The first-order valence-electron chi connectivity index (χ1n) is 12.7. The Morgan fingerprint density at radius 2 is 1.48 bits per heavy atom. The Bertz CT molecular complexity index is 2020. The van der Waals surface area contributed by atoms with Crippen molar-refractivity contribution in [2.45, 2.75) is 12.5 Å². The van der Waals surface area contributed by atoms with Crippen LogP contribution in [0, 0.1) is 20.2 Å². The van der Waals surface area contributed by atoms with Crippen molar-refractivity contribution >= 4 is 70.6 Å². The van der Waals surface area contributed by atoms with Gasteiger partial charge in [-0.1, -0.05) is 48.0 Å². The molecule has 1 aliphatic rings. The average Bonchev–Trinajstić information content (AvgIpc) is 2.99. The van der Waals surface area contributed by atoms with Gasteiger partial charge in [0.1, 0.15) is 11.0 Å². The Balaban J connectivity index is 0.000000195. The highest BCUT2D eigenvalue weighted by atomic mass is 35.5. The number of benzene rings is 3. The molecule has 6 rings (SSSR count). The van der Waals surface area contributed by atoms with Crippen LogP contribution in [-0.4, -0.2) is 36.2 Å². The van der Waals surface area contributed by atoms with E-state index in [1.807, 2.05) is 6.07 Å². The maximum absolute atomic E-state index is 13.3. The average molecular weight is 659 g/mol. The van der Waals surface area contributed by atoms with Gasteiger partial charge in [0.15, 0.2) is 0 Å². The van der Waals surface area contributed by atoms with Gasteiger partial charge in [-0.25, -0.2) is 9.97 Å². The molecule has 3 heterocycles. The van der Waals surface area contributed by atoms with Gasteiger partial charge < -0.3 is 14.3 Å². The van der Waals surface area contributed by atoms with Crippen molar-refractivity contribution in [3.63, 3.8) is 0 Å². The van der Waals surface area contributed by atoms with Crippen LogP contribution in [0.15, 0.2) is 85.2 Å². The van der Waals surface area contributed by atoms with Gasteiger partial charge in [0.05, 0.1) is 33.2 Å². The molecular weight excluding hydrogens is 638 g/mol. The lowest BCUT2D eigenvalue weighted by Crippen LogP contribution is -2.20. The quantitative estimate of drug-likeness (QED) is 0.132. The molecular formula is C27H21ClN4O10P2. The van der Waals surface area contributed by atoms with Crippen LogP contribution in [0.5, 0.6) is 0 Å². The summed E-state index contributed by atoms with van der Waals surface area (Å²) in [4.78, 5) is 46.6. The molecule has 0 amide bonds. The molecule has 3 aromatic carbocycles. The fourth-order valence-electron chi connectivity index (χ4n) is 4.47. The summed E-state index contributed by atoms with van der Waals surface area (Å²) < 4.78 is 35.6. The molecule has 0 spiro atoms. The number of nitro groups is 2. The third kappa shape index (κ3) is 6.67. The molecule has 0 bridgehead atoms. The lowest BCUT2D eigenvalue weighted by Gasteiger charge is -2.30. The predicted octanol–water partition coefficient (Wildman–Crippen LogP) is 5.74. The second-order valence-corrected chi connectivity index (χ2v) is 13.4. The Morgan fingerprint density at radius 1 is 0.886 bits per heavy atom. The van der Waals surface area contributed by atoms with Crippen molar-refractivity contribution in [2.75, 3.05) is 6.61 Å². The molecule has 1 saturated heterocycles. The minimum Gasteiger partial charge on any atom is -0.321 e. The standard InChI is InChI=1S/C18H14ClN2O5P.C9H7N2O5P/c19-14-5-1-3-12(9-14)17-7-8-25-27(24,26-17)15-10-13-4-2-6-16(21(22)23)18(13)20-11-15;12-11(13)8-3-1-2-6-4-7(17(14,15)16)5-10-9(6)8/h1-6,9-11,17H,7-8H2;1-5H,(H2,14,15,16)/t17-,27?;/m1./s1. The van der Waals surface area contributed by atoms with Crippen molar-refractivity contribution in [2.24, 2.45) is 0 Å². The summed E-state index contributed by atoms with van der Waals surface area (Å²) in [5, 5.41) is 23.2. The smallest absolute Gasteiger partial charge is 0.321 e. The van der Waals surface area contributed by atoms with E-state index in [1.54, 1.807) is 36.4 Å². The molecule has 1 fully saturated rings. The number of rotatable bonds is 5. The highest BCUT2D eigenvalue weighted by Crippen LogP contribution is 2.55. The third-order valence-corrected chi connectivity index (χ3v) is 9.61. The maximum atomic E-state index is 13.3. The molecule has 2 N–H and O–H groups in total.